The van der Waals surface area contributed by atoms with Gasteiger partial charge < -0.3 is 20.1 Å². The molecule has 1 heterocycles. The molecule has 0 bridgehead atoms. The van der Waals surface area contributed by atoms with Gasteiger partial charge >= 0.3 is 0 Å². The average molecular weight is 521 g/mol. The molecule has 0 saturated carbocycles. The Balaban J connectivity index is 1.52. The lowest BCUT2D eigenvalue weighted by Gasteiger charge is -2.16. The molecule has 186 valence electrons. The van der Waals surface area contributed by atoms with Gasteiger partial charge in [0.2, 0.25) is 0 Å². The molecule has 0 aliphatic carbocycles. The summed E-state index contributed by atoms with van der Waals surface area (Å²) in [6, 6.07) is 19.7. The first kappa shape index (κ1) is 25.7. The fraction of sp³-hybridized carbons (Fsp3) is 0.207. The van der Waals surface area contributed by atoms with Gasteiger partial charge in [0.05, 0.1) is 12.0 Å². The van der Waals surface area contributed by atoms with Crippen LogP contribution in [0.15, 0.2) is 78.2 Å². The second-order valence-electron chi connectivity index (χ2n) is 8.29. The van der Waals surface area contributed by atoms with E-state index in [9.17, 15) is 4.79 Å². The number of methoxy groups -OCH3 is 1. The smallest absolute Gasteiger partial charge is 0.260 e. The summed E-state index contributed by atoms with van der Waals surface area (Å²) >= 11 is 7.44. The monoisotopic (exact) mass is 520 g/mol. The summed E-state index contributed by atoms with van der Waals surface area (Å²) in [7, 11) is 1.61. The molecule has 1 fully saturated rings. The number of thioether (sulfide) groups is 1. The summed E-state index contributed by atoms with van der Waals surface area (Å²) in [6.45, 7) is 6.39. The van der Waals surface area contributed by atoms with Crippen LogP contribution in [0.3, 0.4) is 0 Å². The van der Waals surface area contributed by atoms with Crippen LogP contribution in [0.25, 0.3) is 6.08 Å². The zero-order chi connectivity index (χ0) is 25.5. The van der Waals surface area contributed by atoms with Crippen LogP contribution < -0.4 is 20.1 Å². The molecule has 36 heavy (non-hydrogen) atoms. The van der Waals surface area contributed by atoms with E-state index in [0.29, 0.717) is 34.5 Å². The molecule has 1 aliphatic rings. The Bertz CT molecular complexity index is 1260. The van der Waals surface area contributed by atoms with Crippen LogP contribution in [0.1, 0.15) is 29.2 Å². The van der Waals surface area contributed by atoms with E-state index in [0.717, 1.165) is 28.8 Å². The molecule has 7 heteroatoms. The molecular formula is C29H29ClN2O3S. The number of anilines is 1. The number of halogens is 1. The molecule has 1 aliphatic heterocycles. The van der Waals surface area contributed by atoms with Crippen molar-refractivity contribution in [2.45, 2.75) is 31.9 Å². The van der Waals surface area contributed by atoms with Crippen LogP contribution in [0.2, 0.25) is 5.02 Å². The molecule has 1 amide bonds. The van der Waals surface area contributed by atoms with Crippen molar-refractivity contribution in [1.82, 2.24) is 5.32 Å². The number of allylic oxidation sites excluding steroid dienone is 1. The number of carbonyl (C=O) groups excluding carboxylic acids is 1. The van der Waals surface area contributed by atoms with Crippen LogP contribution in [0.4, 0.5) is 5.69 Å². The van der Waals surface area contributed by atoms with Crippen molar-refractivity contribution >= 4 is 41.0 Å². The topological polar surface area (TPSA) is 59.6 Å². The summed E-state index contributed by atoms with van der Waals surface area (Å²) in [5.74, 6) is 1.15. The number of hydrogen-bond donors (Lipinski definition) is 2. The standard InChI is InChI=1S/C29H29ClN2O3S/c1-4-6-22-15-21(16-25(34-3)27(22)35-18-20-7-11-23(30)12-8-20)17-26-28(33)32-29(36-26)31-24-13-9-19(5-2)10-14-24/h4,7-17,29,31H,1,5-6,18H2,2-3H3,(H,32,33)/b26-17-/t29-/m1/s1. The van der Waals surface area contributed by atoms with Crippen molar-refractivity contribution in [3.63, 3.8) is 0 Å². The first-order chi connectivity index (χ1) is 17.5. The van der Waals surface area contributed by atoms with Crippen LogP contribution in [0, 0.1) is 0 Å². The van der Waals surface area contributed by atoms with E-state index < -0.39 is 0 Å². The number of benzene rings is 3. The second-order valence-corrected chi connectivity index (χ2v) is 9.88. The van der Waals surface area contributed by atoms with Crippen LogP contribution >= 0.6 is 23.4 Å². The van der Waals surface area contributed by atoms with Gasteiger partial charge in [-0.25, -0.2) is 0 Å². The van der Waals surface area contributed by atoms with Gasteiger partial charge in [0.25, 0.3) is 5.91 Å². The summed E-state index contributed by atoms with van der Waals surface area (Å²) in [5.41, 5.74) is 4.77. The molecule has 3 aromatic carbocycles. The lowest BCUT2D eigenvalue weighted by Crippen LogP contribution is -2.30. The van der Waals surface area contributed by atoms with Gasteiger partial charge in [-0.2, -0.15) is 0 Å². The van der Waals surface area contributed by atoms with Crippen molar-refractivity contribution in [2.75, 3.05) is 12.4 Å². The lowest BCUT2D eigenvalue weighted by molar-refractivity contribution is -0.116. The highest BCUT2D eigenvalue weighted by Crippen LogP contribution is 2.37. The molecule has 1 saturated heterocycles. The van der Waals surface area contributed by atoms with Crippen LogP contribution in [-0.4, -0.2) is 18.5 Å². The van der Waals surface area contributed by atoms with Crippen LogP contribution in [-0.2, 0) is 24.2 Å². The summed E-state index contributed by atoms with van der Waals surface area (Å²) in [4.78, 5) is 13.3. The van der Waals surface area contributed by atoms with E-state index in [1.807, 2.05) is 60.7 Å². The van der Waals surface area contributed by atoms with Crippen molar-refractivity contribution in [3.05, 3.63) is 106 Å². The van der Waals surface area contributed by atoms with Crippen molar-refractivity contribution in [1.29, 1.82) is 0 Å². The third-order valence-corrected chi connectivity index (χ3v) is 7.00. The number of nitrogens with one attached hydrogen (secondary N) is 2. The SMILES string of the molecule is C=CCc1cc(/C=C2\S[C@H](Nc3ccc(CC)cc3)NC2=O)cc(OC)c1OCc1ccc(Cl)cc1. The van der Waals surface area contributed by atoms with E-state index in [1.165, 1.54) is 17.3 Å². The third-order valence-electron chi connectivity index (χ3n) is 5.72. The average Bonchev–Trinajstić information content (AvgIpc) is 3.22. The van der Waals surface area contributed by atoms with Gasteiger partial charge in [-0.1, -0.05) is 60.6 Å². The van der Waals surface area contributed by atoms with Gasteiger partial charge in [0.15, 0.2) is 17.0 Å². The van der Waals surface area contributed by atoms with Crippen molar-refractivity contribution in [2.24, 2.45) is 0 Å². The van der Waals surface area contributed by atoms with E-state index >= 15 is 0 Å². The Kier molecular flexibility index (Phi) is 8.62. The first-order valence-corrected chi connectivity index (χ1v) is 13.0. The molecular weight excluding hydrogens is 492 g/mol. The Labute approximate surface area is 221 Å². The minimum atomic E-state index is -0.243. The molecule has 4 rings (SSSR count). The summed E-state index contributed by atoms with van der Waals surface area (Å²) in [6.07, 6.45) is 5.28. The Morgan fingerprint density at radius 2 is 1.83 bits per heavy atom. The number of carbonyl (C=O) groups is 1. The van der Waals surface area contributed by atoms with Gasteiger partial charge in [-0.3, -0.25) is 4.79 Å². The largest absolute Gasteiger partial charge is 0.493 e. The summed E-state index contributed by atoms with van der Waals surface area (Å²) < 4.78 is 11.8. The number of hydrogen-bond acceptors (Lipinski definition) is 5. The molecule has 0 spiro atoms. The maximum absolute atomic E-state index is 12.7. The highest BCUT2D eigenvalue weighted by molar-refractivity contribution is 8.05. The van der Waals surface area contributed by atoms with Crippen LogP contribution in [0.5, 0.6) is 11.5 Å². The molecule has 0 unspecified atom stereocenters. The van der Waals surface area contributed by atoms with Crippen molar-refractivity contribution in [3.8, 4) is 11.5 Å². The maximum Gasteiger partial charge on any atom is 0.260 e. The third kappa shape index (κ3) is 6.45. The second kappa shape index (κ2) is 12.1. The zero-order valence-electron chi connectivity index (χ0n) is 20.3. The van der Waals surface area contributed by atoms with Crippen molar-refractivity contribution < 1.29 is 14.3 Å². The normalized spacial score (nSPS) is 16.0. The van der Waals surface area contributed by atoms with E-state index in [4.69, 9.17) is 21.1 Å². The Morgan fingerprint density at radius 1 is 1.11 bits per heavy atom. The molecule has 1 atom stereocenters. The van der Waals surface area contributed by atoms with E-state index in [-0.39, 0.29) is 11.4 Å². The predicted octanol–water partition coefficient (Wildman–Crippen LogP) is 6.82. The molecule has 3 aromatic rings. The number of aryl methyl sites for hydroxylation is 1. The molecule has 0 aromatic heterocycles. The van der Waals surface area contributed by atoms with Gasteiger partial charge in [0, 0.05) is 16.3 Å². The number of rotatable bonds is 10. The fourth-order valence-electron chi connectivity index (χ4n) is 3.83. The quantitative estimate of drug-likeness (QED) is 0.227. The number of amides is 1. The lowest BCUT2D eigenvalue weighted by atomic mass is 10.0. The molecule has 0 radical (unpaired) electrons. The summed E-state index contributed by atoms with van der Waals surface area (Å²) in [5, 5.41) is 7.03. The molecule has 5 nitrogen and oxygen atoms in total. The maximum atomic E-state index is 12.7. The minimum Gasteiger partial charge on any atom is -0.493 e. The van der Waals surface area contributed by atoms with Gasteiger partial charge in [0.1, 0.15) is 6.61 Å². The minimum absolute atomic E-state index is 0.116. The zero-order valence-corrected chi connectivity index (χ0v) is 21.9. The highest BCUT2D eigenvalue weighted by Gasteiger charge is 2.27. The Morgan fingerprint density at radius 3 is 2.50 bits per heavy atom. The first-order valence-electron chi connectivity index (χ1n) is 11.7. The fourth-order valence-corrected chi connectivity index (χ4v) is 4.94. The van der Waals surface area contributed by atoms with Gasteiger partial charge in [-0.05, 0) is 72.0 Å². The molecule has 2 N–H and O–H groups in total. The number of ether oxygens (including phenoxy) is 2. The Hall–Kier alpha value is -3.35. The predicted molar refractivity (Wildman–Crippen MR) is 150 cm³/mol. The van der Waals surface area contributed by atoms with E-state index in [1.54, 1.807) is 7.11 Å². The van der Waals surface area contributed by atoms with E-state index in [2.05, 4.69) is 36.3 Å². The highest BCUT2D eigenvalue weighted by atomic mass is 35.5. The van der Waals surface area contributed by atoms with Gasteiger partial charge in [-0.15, -0.1) is 6.58 Å².